The van der Waals surface area contributed by atoms with Gasteiger partial charge in [0.2, 0.25) is 0 Å². The zero-order valence-corrected chi connectivity index (χ0v) is 9.13. The van der Waals surface area contributed by atoms with Gasteiger partial charge in [-0.05, 0) is 18.6 Å². The van der Waals surface area contributed by atoms with Crippen LogP contribution in [0.1, 0.15) is 6.42 Å². The lowest BCUT2D eigenvalue weighted by atomic mass is 10.1. The molecule has 3 aliphatic rings. The normalized spacial score (nSPS) is 35.8. The van der Waals surface area contributed by atoms with Crippen molar-refractivity contribution in [3.05, 3.63) is 24.0 Å². The van der Waals surface area contributed by atoms with Crippen molar-refractivity contribution in [3.63, 3.8) is 0 Å². The Bertz CT molecular complexity index is 302. The summed E-state index contributed by atoms with van der Waals surface area (Å²) in [7, 11) is 0. The molecule has 2 saturated heterocycles. The van der Waals surface area contributed by atoms with E-state index >= 15 is 0 Å². The van der Waals surface area contributed by atoms with Gasteiger partial charge in [-0.25, -0.2) is 0 Å². The van der Waals surface area contributed by atoms with Crippen molar-refractivity contribution in [1.82, 2.24) is 0 Å². The highest BCUT2D eigenvalue weighted by Gasteiger charge is 2.25. The molecule has 0 aromatic rings. The Morgan fingerprint density at radius 2 is 1.94 bits per heavy atom. The molecule has 0 bridgehead atoms. The maximum atomic E-state index is 5.70. The lowest BCUT2D eigenvalue weighted by Gasteiger charge is -2.17. The second-order valence-electron chi connectivity index (χ2n) is 4.30. The minimum Gasteiger partial charge on any atom is -0.491 e. The first-order valence-electron chi connectivity index (χ1n) is 5.76. The number of hydrogen-bond donors (Lipinski definition) is 0. The molecule has 0 spiro atoms. The molecule has 3 atom stereocenters. The monoisotopic (exact) mass is 224 g/mol. The van der Waals surface area contributed by atoms with E-state index in [0.717, 1.165) is 25.4 Å². The van der Waals surface area contributed by atoms with Gasteiger partial charge >= 0.3 is 0 Å². The van der Waals surface area contributed by atoms with Gasteiger partial charge in [0.05, 0.1) is 25.9 Å². The van der Waals surface area contributed by atoms with Crippen molar-refractivity contribution in [3.8, 4) is 0 Å². The van der Waals surface area contributed by atoms with Gasteiger partial charge in [-0.3, -0.25) is 0 Å². The molecule has 88 valence electrons. The molecule has 4 nitrogen and oxygen atoms in total. The summed E-state index contributed by atoms with van der Waals surface area (Å²) < 4.78 is 21.5. The molecule has 16 heavy (non-hydrogen) atoms. The van der Waals surface area contributed by atoms with Crippen molar-refractivity contribution in [1.29, 1.82) is 0 Å². The summed E-state index contributed by atoms with van der Waals surface area (Å²) >= 11 is 0. The number of ether oxygens (including phenoxy) is 4. The van der Waals surface area contributed by atoms with Crippen LogP contribution >= 0.6 is 0 Å². The van der Waals surface area contributed by atoms with Crippen LogP contribution in [0.3, 0.4) is 0 Å². The predicted octanol–water partition coefficient (Wildman–Crippen LogP) is 1.03. The first kappa shape index (κ1) is 10.3. The number of epoxide rings is 2. The quantitative estimate of drug-likeness (QED) is 0.632. The summed E-state index contributed by atoms with van der Waals surface area (Å²) in [5, 5.41) is 0. The van der Waals surface area contributed by atoms with Gasteiger partial charge in [0, 0.05) is 0 Å². The van der Waals surface area contributed by atoms with E-state index in [-0.39, 0.29) is 6.10 Å². The van der Waals surface area contributed by atoms with E-state index in [9.17, 15) is 0 Å². The fraction of sp³-hybridized carbons (Fsp3) is 0.667. The van der Waals surface area contributed by atoms with Crippen molar-refractivity contribution >= 4 is 0 Å². The van der Waals surface area contributed by atoms with Gasteiger partial charge in [-0.15, -0.1) is 0 Å². The van der Waals surface area contributed by atoms with Gasteiger partial charge in [0.15, 0.2) is 0 Å². The molecular weight excluding hydrogens is 208 g/mol. The van der Waals surface area contributed by atoms with Crippen molar-refractivity contribution in [2.75, 3.05) is 26.4 Å². The highest BCUT2D eigenvalue weighted by molar-refractivity contribution is 5.19. The van der Waals surface area contributed by atoms with Crippen LogP contribution in [-0.2, 0) is 18.9 Å². The lowest BCUT2D eigenvalue weighted by molar-refractivity contribution is 0.0685. The van der Waals surface area contributed by atoms with E-state index in [2.05, 4.69) is 6.08 Å². The molecule has 2 aliphatic heterocycles. The van der Waals surface area contributed by atoms with E-state index in [0.29, 0.717) is 25.4 Å². The maximum Gasteiger partial charge on any atom is 0.117 e. The van der Waals surface area contributed by atoms with Crippen LogP contribution in [0, 0.1) is 0 Å². The molecule has 0 aromatic carbocycles. The smallest absolute Gasteiger partial charge is 0.117 e. The molecular formula is C12H16O4. The summed E-state index contributed by atoms with van der Waals surface area (Å²) in [5.74, 6) is 0.892. The largest absolute Gasteiger partial charge is 0.491 e. The van der Waals surface area contributed by atoms with Crippen LogP contribution < -0.4 is 0 Å². The third-order valence-electron chi connectivity index (χ3n) is 2.74. The lowest BCUT2D eigenvalue weighted by Crippen LogP contribution is -2.16. The van der Waals surface area contributed by atoms with Gasteiger partial charge in [0.1, 0.15) is 24.6 Å². The maximum absolute atomic E-state index is 5.70. The summed E-state index contributed by atoms with van der Waals surface area (Å²) in [5.41, 5.74) is 0. The molecule has 3 rings (SSSR count). The minimum absolute atomic E-state index is 0.129. The van der Waals surface area contributed by atoms with Crippen molar-refractivity contribution in [2.45, 2.75) is 24.7 Å². The summed E-state index contributed by atoms with van der Waals surface area (Å²) in [4.78, 5) is 0. The van der Waals surface area contributed by atoms with Crippen LogP contribution in [0.25, 0.3) is 0 Å². The highest BCUT2D eigenvalue weighted by atomic mass is 16.6. The molecule has 2 fully saturated rings. The number of rotatable bonds is 6. The first-order chi connectivity index (χ1) is 7.90. The SMILES string of the molecule is C1=CC(OCC2CO2)=CC(OCC2CO2)C1. The second kappa shape index (κ2) is 4.57. The Balaban J connectivity index is 1.44. The summed E-state index contributed by atoms with van der Waals surface area (Å²) in [6, 6.07) is 0. The third-order valence-corrected chi connectivity index (χ3v) is 2.74. The van der Waals surface area contributed by atoms with Crippen LogP contribution in [0.2, 0.25) is 0 Å². The zero-order valence-electron chi connectivity index (χ0n) is 9.13. The average molecular weight is 224 g/mol. The van der Waals surface area contributed by atoms with E-state index in [4.69, 9.17) is 18.9 Å². The van der Waals surface area contributed by atoms with Gasteiger partial charge < -0.3 is 18.9 Å². The minimum atomic E-state index is 0.129. The Hall–Kier alpha value is -0.840. The van der Waals surface area contributed by atoms with Crippen LogP contribution in [0.5, 0.6) is 0 Å². The topological polar surface area (TPSA) is 43.5 Å². The molecule has 2 heterocycles. The van der Waals surface area contributed by atoms with E-state index in [1.165, 1.54) is 0 Å². The van der Waals surface area contributed by atoms with Crippen LogP contribution in [0.4, 0.5) is 0 Å². The summed E-state index contributed by atoms with van der Waals surface area (Å²) in [6.07, 6.45) is 7.78. The van der Waals surface area contributed by atoms with E-state index < -0.39 is 0 Å². The van der Waals surface area contributed by atoms with Gasteiger partial charge in [-0.1, -0.05) is 6.08 Å². The van der Waals surface area contributed by atoms with Gasteiger partial charge in [-0.2, -0.15) is 0 Å². The molecule has 3 unspecified atom stereocenters. The molecule has 4 heteroatoms. The molecule has 0 N–H and O–H groups in total. The molecule has 0 aromatic heterocycles. The predicted molar refractivity (Wildman–Crippen MR) is 57.0 cm³/mol. The summed E-state index contributed by atoms with van der Waals surface area (Å²) in [6.45, 7) is 3.01. The van der Waals surface area contributed by atoms with E-state index in [1.807, 2.05) is 12.2 Å². The van der Waals surface area contributed by atoms with Crippen molar-refractivity contribution < 1.29 is 18.9 Å². The number of allylic oxidation sites excluding steroid dienone is 1. The second-order valence-corrected chi connectivity index (χ2v) is 4.30. The fourth-order valence-corrected chi connectivity index (χ4v) is 1.59. The highest BCUT2D eigenvalue weighted by Crippen LogP contribution is 2.19. The molecule has 0 radical (unpaired) electrons. The molecule has 0 amide bonds. The Morgan fingerprint density at radius 3 is 2.69 bits per heavy atom. The molecule has 1 aliphatic carbocycles. The Morgan fingerprint density at radius 1 is 1.19 bits per heavy atom. The molecule has 0 saturated carbocycles. The first-order valence-corrected chi connectivity index (χ1v) is 5.76. The van der Waals surface area contributed by atoms with Crippen LogP contribution in [-0.4, -0.2) is 44.7 Å². The van der Waals surface area contributed by atoms with E-state index in [1.54, 1.807) is 0 Å². The Kier molecular flexibility index (Phi) is 2.95. The van der Waals surface area contributed by atoms with Crippen LogP contribution in [0.15, 0.2) is 24.0 Å². The average Bonchev–Trinajstić information content (AvgIpc) is 3.17. The standard InChI is InChI=1S/C12H16O4/c1-2-9(13-5-11-7-15-11)4-10(3-1)14-6-12-8-16-12/h1-2,4,10-12H,3,5-8H2. The zero-order chi connectivity index (χ0) is 10.8. The fourth-order valence-electron chi connectivity index (χ4n) is 1.59. The Labute approximate surface area is 94.8 Å². The number of hydrogen-bond acceptors (Lipinski definition) is 4. The van der Waals surface area contributed by atoms with Crippen molar-refractivity contribution in [2.24, 2.45) is 0 Å². The van der Waals surface area contributed by atoms with Gasteiger partial charge in [0.25, 0.3) is 0 Å². The third kappa shape index (κ3) is 3.07.